The molecule has 1 saturated carbocycles. The Morgan fingerprint density at radius 3 is 2.81 bits per heavy atom. The Kier molecular flexibility index (Phi) is 4.10. The van der Waals surface area contributed by atoms with Gasteiger partial charge in [0.2, 0.25) is 0 Å². The molecule has 2 aromatic rings. The largest absolute Gasteiger partial charge is 0.348 e. The molecule has 1 aliphatic rings. The second-order valence-corrected chi connectivity index (χ2v) is 5.60. The molecule has 1 amide bonds. The fourth-order valence-corrected chi connectivity index (χ4v) is 2.99. The first-order valence-electron chi connectivity index (χ1n) is 7.50. The highest BCUT2D eigenvalue weighted by Gasteiger charge is 2.26. The fraction of sp³-hybridized carbons (Fsp3) is 0.438. The van der Waals surface area contributed by atoms with E-state index in [4.69, 9.17) is 5.73 Å². The van der Waals surface area contributed by atoms with Gasteiger partial charge < -0.3 is 11.1 Å². The third kappa shape index (κ3) is 3.03. The molecule has 1 fully saturated rings. The summed E-state index contributed by atoms with van der Waals surface area (Å²) in [4.78, 5) is 21.0. The van der Waals surface area contributed by atoms with Crippen LogP contribution in [0.15, 0.2) is 30.5 Å². The first-order valence-corrected chi connectivity index (χ1v) is 7.50. The zero-order valence-corrected chi connectivity index (χ0v) is 12.0. The maximum atomic E-state index is 12.4. The lowest BCUT2D eigenvalue weighted by Gasteiger charge is -2.31. The molecule has 1 aliphatic carbocycles. The number of nitrogens with one attached hydrogen (secondary N) is 1. The molecule has 5 nitrogen and oxygen atoms in total. The summed E-state index contributed by atoms with van der Waals surface area (Å²) in [5, 5.41) is 3.08. The molecule has 0 aliphatic heterocycles. The number of hydrogen-bond donors (Lipinski definition) is 2. The molecule has 0 saturated heterocycles. The number of benzene rings is 1. The van der Waals surface area contributed by atoms with Crippen LogP contribution in [0, 0.1) is 5.92 Å². The molecule has 5 heteroatoms. The van der Waals surface area contributed by atoms with Crippen LogP contribution in [0.5, 0.6) is 0 Å². The van der Waals surface area contributed by atoms with Gasteiger partial charge in [0.25, 0.3) is 5.91 Å². The Morgan fingerprint density at radius 2 is 2.00 bits per heavy atom. The third-order valence-corrected chi connectivity index (χ3v) is 4.21. The molecule has 21 heavy (non-hydrogen) atoms. The van der Waals surface area contributed by atoms with Crippen molar-refractivity contribution < 1.29 is 4.79 Å². The van der Waals surface area contributed by atoms with Crippen molar-refractivity contribution in [1.29, 1.82) is 0 Å². The number of nitrogens with two attached hydrogens (primary N) is 1. The summed E-state index contributed by atoms with van der Waals surface area (Å²) in [7, 11) is 0. The number of hydrogen-bond acceptors (Lipinski definition) is 4. The number of carbonyl (C=O) groups excluding carboxylic acids is 1. The van der Waals surface area contributed by atoms with Gasteiger partial charge in [0.05, 0.1) is 17.2 Å². The number of carbonyl (C=O) groups is 1. The number of rotatable bonds is 3. The highest BCUT2D eigenvalue weighted by molar-refractivity contribution is 5.93. The van der Waals surface area contributed by atoms with Crippen LogP contribution >= 0.6 is 0 Å². The van der Waals surface area contributed by atoms with E-state index in [1.54, 1.807) is 0 Å². The second-order valence-electron chi connectivity index (χ2n) is 5.60. The zero-order chi connectivity index (χ0) is 14.7. The van der Waals surface area contributed by atoms with Gasteiger partial charge in [-0.3, -0.25) is 9.78 Å². The normalized spacial score (nSPS) is 22.1. The molecular weight excluding hydrogens is 264 g/mol. The first-order chi connectivity index (χ1) is 10.3. The summed E-state index contributed by atoms with van der Waals surface area (Å²) in [6.45, 7) is 0.619. The molecule has 1 aromatic carbocycles. The third-order valence-electron chi connectivity index (χ3n) is 4.21. The van der Waals surface area contributed by atoms with Crippen LogP contribution in [-0.4, -0.2) is 28.5 Å². The minimum atomic E-state index is -0.154. The van der Waals surface area contributed by atoms with Crippen LogP contribution < -0.4 is 11.1 Å². The predicted octanol–water partition coefficient (Wildman–Crippen LogP) is 1.88. The molecule has 3 N–H and O–H groups in total. The SMILES string of the molecule is NCC1CCCCC1NC(=O)c1cnc2ccccc2n1. The van der Waals surface area contributed by atoms with Crippen LogP contribution in [0.25, 0.3) is 11.0 Å². The van der Waals surface area contributed by atoms with Crippen LogP contribution in [0.4, 0.5) is 0 Å². The molecule has 2 atom stereocenters. The maximum absolute atomic E-state index is 12.4. The van der Waals surface area contributed by atoms with Crippen LogP contribution in [0.2, 0.25) is 0 Å². The van der Waals surface area contributed by atoms with E-state index < -0.39 is 0 Å². The van der Waals surface area contributed by atoms with Crippen molar-refractivity contribution in [2.45, 2.75) is 31.7 Å². The van der Waals surface area contributed by atoms with Crippen molar-refractivity contribution in [3.63, 3.8) is 0 Å². The Morgan fingerprint density at radius 1 is 1.24 bits per heavy atom. The molecule has 0 bridgehead atoms. The highest BCUT2D eigenvalue weighted by Crippen LogP contribution is 2.23. The van der Waals surface area contributed by atoms with Gasteiger partial charge >= 0.3 is 0 Å². The number of aromatic nitrogens is 2. The Labute approximate surface area is 124 Å². The molecule has 1 heterocycles. The predicted molar refractivity (Wildman–Crippen MR) is 81.8 cm³/mol. The van der Waals surface area contributed by atoms with Crippen LogP contribution in [0.1, 0.15) is 36.2 Å². The maximum Gasteiger partial charge on any atom is 0.271 e. The van der Waals surface area contributed by atoms with E-state index in [0.29, 0.717) is 18.2 Å². The van der Waals surface area contributed by atoms with Crippen molar-refractivity contribution >= 4 is 16.9 Å². The van der Waals surface area contributed by atoms with E-state index in [2.05, 4.69) is 15.3 Å². The summed E-state index contributed by atoms with van der Waals surface area (Å²) >= 11 is 0. The van der Waals surface area contributed by atoms with Crippen molar-refractivity contribution in [1.82, 2.24) is 15.3 Å². The van der Waals surface area contributed by atoms with Gasteiger partial charge in [0.1, 0.15) is 5.69 Å². The summed E-state index contributed by atoms with van der Waals surface area (Å²) in [5.41, 5.74) is 7.71. The quantitative estimate of drug-likeness (QED) is 0.901. The number of amides is 1. The smallest absolute Gasteiger partial charge is 0.271 e. The second kappa shape index (κ2) is 6.18. The zero-order valence-electron chi connectivity index (χ0n) is 12.0. The molecular formula is C16H20N4O. The Hall–Kier alpha value is -2.01. The van der Waals surface area contributed by atoms with Gasteiger partial charge in [0, 0.05) is 6.04 Å². The number of para-hydroxylation sites is 2. The summed E-state index contributed by atoms with van der Waals surface area (Å²) in [6, 6.07) is 7.71. The fourth-order valence-electron chi connectivity index (χ4n) is 2.99. The monoisotopic (exact) mass is 284 g/mol. The van der Waals surface area contributed by atoms with Gasteiger partial charge in [-0.05, 0) is 37.4 Å². The topological polar surface area (TPSA) is 80.9 Å². The summed E-state index contributed by atoms with van der Waals surface area (Å²) < 4.78 is 0. The Bertz CT molecular complexity index is 643. The van der Waals surface area contributed by atoms with Crippen LogP contribution in [0.3, 0.4) is 0 Å². The van der Waals surface area contributed by atoms with Crippen LogP contribution in [-0.2, 0) is 0 Å². The molecule has 110 valence electrons. The lowest BCUT2D eigenvalue weighted by atomic mass is 9.84. The molecule has 0 radical (unpaired) electrons. The van der Waals surface area contributed by atoms with E-state index in [0.717, 1.165) is 30.3 Å². The van der Waals surface area contributed by atoms with E-state index >= 15 is 0 Å². The average molecular weight is 284 g/mol. The Balaban J connectivity index is 1.76. The lowest BCUT2D eigenvalue weighted by Crippen LogP contribution is -2.44. The van der Waals surface area contributed by atoms with E-state index in [9.17, 15) is 4.79 Å². The van der Waals surface area contributed by atoms with E-state index in [-0.39, 0.29) is 11.9 Å². The van der Waals surface area contributed by atoms with Gasteiger partial charge in [-0.1, -0.05) is 25.0 Å². The van der Waals surface area contributed by atoms with E-state index in [1.165, 1.54) is 12.6 Å². The molecule has 2 unspecified atom stereocenters. The summed E-state index contributed by atoms with van der Waals surface area (Å²) in [6.07, 6.45) is 5.96. The van der Waals surface area contributed by atoms with Crippen molar-refractivity contribution in [2.75, 3.05) is 6.54 Å². The van der Waals surface area contributed by atoms with Gasteiger partial charge in [-0.2, -0.15) is 0 Å². The minimum Gasteiger partial charge on any atom is -0.348 e. The van der Waals surface area contributed by atoms with Crippen molar-refractivity contribution in [3.05, 3.63) is 36.2 Å². The van der Waals surface area contributed by atoms with Crippen molar-refractivity contribution in [2.24, 2.45) is 11.7 Å². The van der Waals surface area contributed by atoms with Gasteiger partial charge in [0.15, 0.2) is 0 Å². The first kappa shape index (κ1) is 13.9. The molecule has 1 aromatic heterocycles. The molecule has 0 spiro atoms. The highest BCUT2D eigenvalue weighted by atomic mass is 16.1. The number of nitrogens with zero attached hydrogens (tertiary/aromatic N) is 2. The van der Waals surface area contributed by atoms with E-state index in [1.807, 2.05) is 24.3 Å². The standard InChI is InChI=1S/C16H20N4O/c17-9-11-5-1-2-6-12(11)20-16(21)15-10-18-13-7-3-4-8-14(13)19-15/h3-4,7-8,10-12H,1-2,5-6,9,17H2,(H,20,21). The minimum absolute atomic E-state index is 0.154. The lowest BCUT2D eigenvalue weighted by molar-refractivity contribution is 0.0903. The average Bonchev–Trinajstić information content (AvgIpc) is 2.55. The van der Waals surface area contributed by atoms with Gasteiger partial charge in [-0.15, -0.1) is 0 Å². The van der Waals surface area contributed by atoms with Crippen molar-refractivity contribution in [3.8, 4) is 0 Å². The summed E-state index contributed by atoms with van der Waals surface area (Å²) in [5.74, 6) is 0.217. The van der Waals surface area contributed by atoms with Gasteiger partial charge in [-0.25, -0.2) is 4.98 Å². The number of fused-ring (bicyclic) bond motifs is 1. The molecule has 3 rings (SSSR count).